The highest BCUT2D eigenvalue weighted by atomic mass is 19.1. The van der Waals surface area contributed by atoms with E-state index in [9.17, 15) is 18.8 Å². The second-order valence-electron chi connectivity index (χ2n) is 13.0. The number of amides is 2. The van der Waals surface area contributed by atoms with Crippen molar-refractivity contribution in [3.8, 4) is 5.75 Å². The fourth-order valence-electron chi connectivity index (χ4n) is 7.06. The minimum Gasteiger partial charge on any atom is -0.483 e. The molecule has 5 rings (SSSR count). The third-order valence-electron chi connectivity index (χ3n) is 8.75. The summed E-state index contributed by atoms with van der Waals surface area (Å²) in [7, 11) is 0. The van der Waals surface area contributed by atoms with Crippen LogP contribution >= 0.6 is 0 Å². The monoisotopic (exact) mass is 607 g/mol. The Morgan fingerprint density at radius 2 is 1.80 bits per heavy atom. The van der Waals surface area contributed by atoms with Crippen molar-refractivity contribution in [2.45, 2.75) is 72.4 Å². The molecular weight excluding hydrogens is 566 g/mol. The van der Waals surface area contributed by atoms with E-state index in [4.69, 9.17) is 10.5 Å². The van der Waals surface area contributed by atoms with E-state index < -0.39 is 29.1 Å². The normalized spacial score (nSPS) is 21.4. The molecule has 2 aliphatic rings. The SMILES string of the molecule is CC(C)C[C@H]1CC[N+](Cc2ccc(F)cc2F)(CC(C)C)[C@H]2Cn3cc(C(N)=O)c(=O)c(OCc4ccccc4)c3C(=O)N12. The summed E-state index contributed by atoms with van der Waals surface area (Å²) in [5.41, 5.74) is 5.90. The van der Waals surface area contributed by atoms with Gasteiger partial charge >= 0.3 is 0 Å². The summed E-state index contributed by atoms with van der Waals surface area (Å²) in [6, 6.07) is 12.7. The Balaban J connectivity index is 1.67. The maximum absolute atomic E-state index is 15.1. The molecule has 3 atom stereocenters. The molecule has 44 heavy (non-hydrogen) atoms. The van der Waals surface area contributed by atoms with Gasteiger partial charge in [0.2, 0.25) is 5.43 Å². The van der Waals surface area contributed by atoms with Crippen LogP contribution in [0.15, 0.2) is 59.5 Å². The first kappa shape index (κ1) is 31.4. The number of halogens is 2. The van der Waals surface area contributed by atoms with Crippen molar-refractivity contribution in [3.63, 3.8) is 0 Å². The van der Waals surface area contributed by atoms with Crippen molar-refractivity contribution in [1.29, 1.82) is 0 Å². The minimum atomic E-state index is -0.914. The Morgan fingerprint density at radius 3 is 2.43 bits per heavy atom. The summed E-state index contributed by atoms with van der Waals surface area (Å²) < 4.78 is 37.0. The van der Waals surface area contributed by atoms with Gasteiger partial charge in [-0.25, -0.2) is 8.78 Å². The molecule has 0 spiro atoms. The predicted octanol–water partition coefficient (Wildman–Crippen LogP) is 5.08. The van der Waals surface area contributed by atoms with Crippen LogP contribution in [-0.4, -0.2) is 51.1 Å². The zero-order chi connectivity index (χ0) is 31.8. The van der Waals surface area contributed by atoms with Gasteiger partial charge in [-0.3, -0.25) is 23.8 Å². The van der Waals surface area contributed by atoms with Crippen LogP contribution in [0.25, 0.3) is 0 Å². The fourth-order valence-corrected chi connectivity index (χ4v) is 7.06. The molecule has 3 aromatic rings. The van der Waals surface area contributed by atoms with Crippen LogP contribution in [0.1, 0.15) is 72.5 Å². The molecule has 1 unspecified atom stereocenters. The van der Waals surface area contributed by atoms with Gasteiger partial charge in [-0.15, -0.1) is 0 Å². The van der Waals surface area contributed by atoms with Crippen molar-refractivity contribution < 1.29 is 27.6 Å². The van der Waals surface area contributed by atoms with Gasteiger partial charge in [-0.2, -0.15) is 0 Å². The Bertz CT molecular complexity index is 1610. The van der Waals surface area contributed by atoms with Gasteiger partial charge in [-0.05, 0) is 30.0 Å². The molecule has 2 aliphatic heterocycles. The number of primary amides is 1. The molecule has 1 saturated heterocycles. The number of pyridine rings is 1. The number of rotatable bonds is 10. The number of nitrogens with zero attached hydrogens (tertiary/aromatic N) is 3. The van der Waals surface area contributed by atoms with Crippen molar-refractivity contribution >= 4 is 11.8 Å². The first-order valence-corrected chi connectivity index (χ1v) is 15.3. The number of carbonyl (C=O) groups is 2. The summed E-state index contributed by atoms with van der Waals surface area (Å²) in [6.07, 6.45) is 2.35. The topological polar surface area (TPSA) is 94.6 Å². The van der Waals surface area contributed by atoms with Crippen LogP contribution in [0.5, 0.6) is 5.75 Å². The molecular formula is C34H41F2N4O4+. The number of hydrogen-bond donors (Lipinski definition) is 1. The van der Waals surface area contributed by atoms with E-state index >= 15 is 4.39 Å². The second-order valence-corrected chi connectivity index (χ2v) is 13.0. The maximum Gasteiger partial charge on any atom is 0.279 e. The summed E-state index contributed by atoms with van der Waals surface area (Å²) in [5, 5.41) is 0. The number of fused-ring (bicyclic) bond motifs is 2. The highest BCUT2D eigenvalue weighted by molar-refractivity contribution is 5.99. The van der Waals surface area contributed by atoms with E-state index in [2.05, 4.69) is 27.7 Å². The zero-order valence-electron chi connectivity index (χ0n) is 25.8. The lowest BCUT2D eigenvalue weighted by molar-refractivity contribution is -0.982. The summed E-state index contributed by atoms with van der Waals surface area (Å²) >= 11 is 0. The highest BCUT2D eigenvalue weighted by Crippen LogP contribution is 2.40. The van der Waals surface area contributed by atoms with Gasteiger partial charge < -0.3 is 15.0 Å². The van der Waals surface area contributed by atoms with Gasteiger partial charge in [0, 0.05) is 36.2 Å². The average molecular weight is 608 g/mol. The summed E-state index contributed by atoms with van der Waals surface area (Å²) in [5.74, 6) is -2.26. The van der Waals surface area contributed by atoms with E-state index in [1.807, 2.05) is 35.2 Å². The summed E-state index contributed by atoms with van der Waals surface area (Å²) in [4.78, 5) is 42.6. The van der Waals surface area contributed by atoms with E-state index in [1.165, 1.54) is 18.3 Å². The van der Waals surface area contributed by atoms with E-state index in [1.54, 1.807) is 4.57 Å². The lowest BCUT2D eigenvalue weighted by Crippen LogP contribution is -2.73. The summed E-state index contributed by atoms with van der Waals surface area (Å²) in [6.45, 7) is 10.2. The average Bonchev–Trinajstić information content (AvgIpc) is 2.95. The molecule has 234 valence electrons. The van der Waals surface area contributed by atoms with Gasteiger partial charge in [0.15, 0.2) is 17.6 Å². The van der Waals surface area contributed by atoms with Gasteiger partial charge in [0.05, 0.1) is 19.6 Å². The second kappa shape index (κ2) is 12.5. The molecule has 0 saturated carbocycles. The smallest absolute Gasteiger partial charge is 0.279 e. The number of hydrogen-bond acceptors (Lipinski definition) is 4. The van der Waals surface area contributed by atoms with Gasteiger partial charge in [0.25, 0.3) is 11.8 Å². The quantitative estimate of drug-likeness (QED) is 0.326. The Kier molecular flexibility index (Phi) is 8.92. The Labute approximate surface area is 256 Å². The van der Waals surface area contributed by atoms with Crippen LogP contribution in [0.3, 0.4) is 0 Å². The minimum absolute atomic E-state index is 0.0224. The first-order valence-electron chi connectivity index (χ1n) is 15.3. The van der Waals surface area contributed by atoms with Crippen LogP contribution < -0.4 is 15.9 Å². The number of ether oxygens (including phenoxy) is 1. The molecule has 2 amide bonds. The van der Waals surface area contributed by atoms with Crippen molar-refractivity contribution in [3.05, 3.63) is 99.0 Å². The largest absolute Gasteiger partial charge is 0.483 e. The molecule has 3 heterocycles. The van der Waals surface area contributed by atoms with Crippen LogP contribution in [0.2, 0.25) is 0 Å². The fraction of sp³-hybridized carbons (Fsp3) is 0.441. The van der Waals surface area contributed by atoms with Crippen molar-refractivity contribution in [2.75, 3.05) is 13.1 Å². The zero-order valence-corrected chi connectivity index (χ0v) is 25.8. The third kappa shape index (κ3) is 6.13. The molecule has 2 aromatic carbocycles. The third-order valence-corrected chi connectivity index (χ3v) is 8.75. The van der Waals surface area contributed by atoms with E-state index in [-0.39, 0.29) is 54.6 Å². The Hall–Kier alpha value is -4.05. The first-order chi connectivity index (χ1) is 20.9. The number of carbonyl (C=O) groups excluding carboxylic acids is 2. The lowest BCUT2D eigenvalue weighted by atomic mass is 9.91. The van der Waals surface area contributed by atoms with Gasteiger partial charge in [0.1, 0.15) is 30.3 Å². The molecule has 1 aromatic heterocycles. The lowest BCUT2D eigenvalue weighted by Gasteiger charge is -2.57. The van der Waals surface area contributed by atoms with Crippen molar-refractivity contribution in [2.24, 2.45) is 17.6 Å². The van der Waals surface area contributed by atoms with Crippen molar-refractivity contribution in [1.82, 2.24) is 9.47 Å². The standard InChI is InChI=1S/C34H40F2N4O4/c1-21(2)14-26-12-13-40(18-22(3)4,19-24-10-11-25(35)15-28(24)36)29-17-38-16-27(33(37)42)31(41)32(30(38)34(43)39(26)29)44-20-23-8-6-5-7-9-23/h5-11,15-16,21-22,26,29H,12-14,17-20H2,1-4H3,(H-,37,42)/p+1/t26-,29+,40?/m1/s1. The van der Waals surface area contributed by atoms with Crippen LogP contribution in [0, 0.1) is 23.5 Å². The molecule has 0 radical (unpaired) electrons. The number of nitrogens with two attached hydrogens (primary N) is 1. The molecule has 2 N–H and O–H groups in total. The maximum atomic E-state index is 15.1. The Morgan fingerprint density at radius 1 is 1.07 bits per heavy atom. The molecule has 8 nitrogen and oxygen atoms in total. The molecule has 1 fully saturated rings. The predicted molar refractivity (Wildman–Crippen MR) is 163 cm³/mol. The molecule has 0 aliphatic carbocycles. The number of benzene rings is 2. The highest BCUT2D eigenvalue weighted by Gasteiger charge is 2.53. The molecule has 0 bridgehead atoms. The molecule has 10 heteroatoms. The van der Waals surface area contributed by atoms with Gasteiger partial charge in [-0.1, -0.05) is 58.0 Å². The number of aromatic nitrogens is 1. The van der Waals surface area contributed by atoms with Crippen LogP contribution in [0.4, 0.5) is 8.78 Å². The van der Waals surface area contributed by atoms with E-state index in [0.717, 1.165) is 18.1 Å². The number of quaternary nitrogens is 1. The van der Waals surface area contributed by atoms with Crippen LogP contribution in [-0.2, 0) is 19.7 Å². The van der Waals surface area contributed by atoms with E-state index in [0.29, 0.717) is 35.5 Å².